The number of aromatic carboxylic acids is 1. The molecule has 25 heavy (non-hydrogen) atoms. The van der Waals surface area contributed by atoms with E-state index in [2.05, 4.69) is 20.9 Å². The molecule has 0 unspecified atom stereocenters. The highest BCUT2D eigenvalue weighted by Gasteiger charge is 2.21. The monoisotopic (exact) mass is 396 g/mol. The topological polar surface area (TPSA) is 72.2 Å². The van der Waals surface area contributed by atoms with Gasteiger partial charge in [0.15, 0.2) is 0 Å². The molecule has 0 aliphatic carbocycles. The summed E-state index contributed by atoms with van der Waals surface area (Å²) < 4.78 is 2.64. The number of carbonyl (C=O) groups is 1. The Labute approximate surface area is 151 Å². The van der Waals surface area contributed by atoms with Crippen LogP contribution in [0.2, 0.25) is 0 Å². The maximum atomic E-state index is 12.7. The van der Waals surface area contributed by atoms with Crippen LogP contribution in [0.5, 0.6) is 0 Å². The normalized spacial score (nSPS) is 14.8. The number of fused-ring (bicyclic) bond motifs is 2. The van der Waals surface area contributed by atoms with Crippen molar-refractivity contribution in [3.63, 3.8) is 0 Å². The molecule has 0 atom stereocenters. The fourth-order valence-electron chi connectivity index (χ4n) is 3.08. The fraction of sp³-hybridized carbons (Fsp3) is 0.105. The zero-order valence-electron chi connectivity index (χ0n) is 13.1. The van der Waals surface area contributed by atoms with E-state index in [4.69, 9.17) is 5.11 Å². The summed E-state index contributed by atoms with van der Waals surface area (Å²) in [5, 5.41) is 9.59. The summed E-state index contributed by atoms with van der Waals surface area (Å²) in [6.45, 7) is 0.581. The van der Waals surface area contributed by atoms with Gasteiger partial charge in [0.25, 0.3) is 5.56 Å². The van der Waals surface area contributed by atoms with Crippen LogP contribution in [0.1, 0.15) is 28.2 Å². The Hall–Kier alpha value is -2.73. The van der Waals surface area contributed by atoms with Gasteiger partial charge in [-0.25, -0.2) is 9.78 Å². The first-order chi connectivity index (χ1) is 12.0. The largest absolute Gasteiger partial charge is 0.478 e. The molecular formula is C19H13BrN2O3. The molecule has 4 rings (SSSR count). The Balaban J connectivity index is 1.90. The van der Waals surface area contributed by atoms with Gasteiger partial charge in [0, 0.05) is 11.0 Å². The third-order valence-corrected chi connectivity index (χ3v) is 4.78. The van der Waals surface area contributed by atoms with Crippen molar-refractivity contribution in [2.45, 2.75) is 13.0 Å². The van der Waals surface area contributed by atoms with Crippen LogP contribution >= 0.6 is 15.9 Å². The summed E-state index contributed by atoms with van der Waals surface area (Å²) in [6.07, 6.45) is 2.74. The third-order valence-electron chi connectivity index (χ3n) is 4.28. The highest BCUT2D eigenvalue weighted by Crippen LogP contribution is 2.28. The lowest BCUT2D eigenvalue weighted by molar-refractivity contribution is 0.0697. The number of aromatic nitrogens is 2. The van der Waals surface area contributed by atoms with Crippen molar-refractivity contribution < 1.29 is 9.90 Å². The Morgan fingerprint density at radius 2 is 2.08 bits per heavy atom. The molecule has 1 aliphatic rings. The van der Waals surface area contributed by atoms with Crippen LogP contribution in [0.25, 0.3) is 22.6 Å². The molecule has 2 aromatic carbocycles. The van der Waals surface area contributed by atoms with Gasteiger partial charge in [0.2, 0.25) is 0 Å². The van der Waals surface area contributed by atoms with Gasteiger partial charge in [0.1, 0.15) is 5.82 Å². The highest BCUT2D eigenvalue weighted by atomic mass is 79.9. The second-order valence-electron chi connectivity index (χ2n) is 5.90. The molecule has 0 bridgehead atoms. The molecule has 0 spiro atoms. The summed E-state index contributed by atoms with van der Waals surface area (Å²) in [5.41, 5.74) is 2.40. The summed E-state index contributed by atoms with van der Waals surface area (Å²) in [5.74, 6) is -0.422. The molecule has 0 saturated carbocycles. The van der Waals surface area contributed by atoms with Crippen LogP contribution in [-0.2, 0) is 6.54 Å². The van der Waals surface area contributed by atoms with E-state index in [1.165, 1.54) is 18.2 Å². The summed E-state index contributed by atoms with van der Waals surface area (Å²) in [4.78, 5) is 28.4. The predicted octanol–water partition coefficient (Wildman–Crippen LogP) is 3.80. The van der Waals surface area contributed by atoms with E-state index < -0.39 is 5.97 Å². The summed E-state index contributed by atoms with van der Waals surface area (Å²) in [7, 11) is 0. The maximum absolute atomic E-state index is 12.7. The van der Waals surface area contributed by atoms with Gasteiger partial charge in [-0.05, 0) is 54.0 Å². The molecule has 1 aromatic heterocycles. The van der Waals surface area contributed by atoms with Crippen molar-refractivity contribution in [2.24, 2.45) is 0 Å². The predicted molar refractivity (Wildman–Crippen MR) is 99.6 cm³/mol. The number of carboxylic acid groups (broad SMARTS) is 1. The van der Waals surface area contributed by atoms with Crippen molar-refractivity contribution in [3.05, 3.63) is 74.2 Å². The van der Waals surface area contributed by atoms with Crippen molar-refractivity contribution in [1.82, 2.24) is 9.55 Å². The van der Waals surface area contributed by atoms with Gasteiger partial charge >= 0.3 is 5.97 Å². The number of rotatable bonds is 2. The number of carboxylic acids is 1. The minimum atomic E-state index is -1.03. The van der Waals surface area contributed by atoms with Crippen LogP contribution in [0.4, 0.5) is 0 Å². The van der Waals surface area contributed by atoms with Crippen molar-refractivity contribution in [3.8, 4) is 0 Å². The second-order valence-corrected chi connectivity index (χ2v) is 6.82. The smallest absolute Gasteiger partial charge is 0.335 e. The minimum absolute atomic E-state index is 0.125. The molecule has 5 nitrogen and oxygen atoms in total. The second kappa shape index (κ2) is 5.97. The van der Waals surface area contributed by atoms with Crippen LogP contribution in [0.3, 0.4) is 0 Å². The van der Waals surface area contributed by atoms with Crippen LogP contribution in [0, 0.1) is 0 Å². The highest BCUT2D eigenvalue weighted by molar-refractivity contribution is 9.10. The van der Waals surface area contributed by atoms with Gasteiger partial charge in [-0.15, -0.1) is 0 Å². The summed E-state index contributed by atoms with van der Waals surface area (Å²) >= 11 is 3.45. The van der Waals surface area contributed by atoms with Gasteiger partial charge in [-0.1, -0.05) is 28.1 Å². The van der Waals surface area contributed by atoms with Crippen molar-refractivity contribution in [2.75, 3.05) is 0 Å². The molecule has 0 radical (unpaired) electrons. The Morgan fingerprint density at radius 3 is 2.84 bits per heavy atom. The lowest BCUT2D eigenvalue weighted by atomic mass is 10.1. The zero-order chi connectivity index (χ0) is 17.6. The molecule has 124 valence electrons. The van der Waals surface area contributed by atoms with Crippen molar-refractivity contribution >= 4 is 44.5 Å². The van der Waals surface area contributed by atoms with Gasteiger partial charge in [0.05, 0.1) is 16.5 Å². The van der Waals surface area contributed by atoms with E-state index in [0.29, 0.717) is 23.3 Å². The lowest BCUT2D eigenvalue weighted by Crippen LogP contribution is -2.20. The number of allylic oxidation sites excluding steroid dienone is 1. The van der Waals surface area contributed by atoms with Crippen molar-refractivity contribution in [1.29, 1.82) is 0 Å². The van der Waals surface area contributed by atoms with Gasteiger partial charge in [-0.3, -0.25) is 9.36 Å². The van der Waals surface area contributed by atoms with Crippen LogP contribution in [0.15, 0.2) is 51.7 Å². The lowest BCUT2D eigenvalue weighted by Gasteiger charge is -2.06. The first-order valence-electron chi connectivity index (χ1n) is 7.77. The van der Waals surface area contributed by atoms with Gasteiger partial charge < -0.3 is 5.11 Å². The Morgan fingerprint density at radius 1 is 1.24 bits per heavy atom. The summed E-state index contributed by atoms with van der Waals surface area (Å²) in [6, 6.07) is 12.3. The van der Waals surface area contributed by atoms with E-state index in [-0.39, 0.29) is 11.1 Å². The van der Waals surface area contributed by atoms with Crippen LogP contribution in [-0.4, -0.2) is 20.6 Å². The Kier molecular flexibility index (Phi) is 3.77. The molecule has 0 fully saturated rings. The quantitative estimate of drug-likeness (QED) is 0.714. The first-order valence-corrected chi connectivity index (χ1v) is 8.56. The van der Waals surface area contributed by atoms with E-state index in [9.17, 15) is 9.59 Å². The Bertz CT molecular complexity index is 1120. The van der Waals surface area contributed by atoms with E-state index in [0.717, 1.165) is 22.0 Å². The van der Waals surface area contributed by atoms with Gasteiger partial charge in [-0.2, -0.15) is 0 Å². The average Bonchev–Trinajstić information content (AvgIpc) is 2.97. The molecule has 1 N–H and O–H groups in total. The molecule has 2 heterocycles. The molecule has 0 saturated heterocycles. The maximum Gasteiger partial charge on any atom is 0.335 e. The van der Waals surface area contributed by atoms with E-state index >= 15 is 0 Å². The van der Waals surface area contributed by atoms with E-state index in [1.807, 2.05) is 30.3 Å². The molecule has 0 amide bonds. The third kappa shape index (κ3) is 2.78. The minimum Gasteiger partial charge on any atom is -0.478 e. The zero-order valence-corrected chi connectivity index (χ0v) is 14.7. The fourth-order valence-corrected chi connectivity index (χ4v) is 3.50. The van der Waals surface area contributed by atoms with Crippen LogP contribution < -0.4 is 5.56 Å². The molecule has 6 heteroatoms. The number of hydrogen-bond donors (Lipinski definition) is 1. The SMILES string of the molecule is O=C(O)c1ccc2c(=O)n3c(nc2c1)/C(=C\c1cccc(Br)c1)CC3. The number of nitrogens with zero attached hydrogens (tertiary/aromatic N) is 2. The molecular weight excluding hydrogens is 384 g/mol. The number of benzene rings is 2. The average molecular weight is 397 g/mol. The number of halogens is 1. The van der Waals surface area contributed by atoms with E-state index in [1.54, 1.807) is 4.57 Å². The standard InChI is InChI=1S/C19H13BrN2O3/c20-14-3-1-2-11(9-14)8-12-6-7-22-17(12)21-16-10-13(19(24)25)4-5-15(16)18(22)23/h1-5,8-10H,6-7H2,(H,24,25)/b12-8-. The molecule has 3 aromatic rings. The number of hydrogen-bond acceptors (Lipinski definition) is 3. The molecule has 1 aliphatic heterocycles. The first kappa shape index (κ1) is 15.8.